The van der Waals surface area contributed by atoms with E-state index in [0.29, 0.717) is 16.7 Å². The van der Waals surface area contributed by atoms with Gasteiger partial charge in [0.05, 0.1) is 0 Å². The van der Waals surface area contributed by atoms with Crippen molar-refractivity contribution in [3.63, 3.8) is 0 Å². The molecule has 11 heavy (non-hydrogen) atoms. The number of halogens is 2. The minimum atomic E-state index is 0.431. The fourth-order valence-corrected chi connectivity index (χ4v) is 1.38. The summed E-state index contributed by atoms with van der Waals surface area (Å²) in [6.07, 6.45) is 0. The summed E-state index contributed by atoms with van der Waals surface area (Å²) in [6, 6.07) is 5.26. The summed E-state index contributed by atoms with van der Waals surface area (Å²) in [5.74, 6) is 3.25. The maximum absolute atomic E-state index is 5.73. The molecule has 0 radical (unpaired) electrons. The van der Waals surface area contributed by atoms with Gasteiger partial charge in [-0.3, -0.25) is 0 Å². The van der Waals surface area contributed by atoms with Gasteiger partial charge in [-0.1, -0.05) is 23.2 Å². The van der Waals surface area contributed by atoms with E-state index < -0.39 is 0 Å². The van der Waals surface area contributed by atoms with Crippen LogP contribution < -0.4 is 5.90 Å². The van der Waals surface area contributed by atoms with Crippen LogP contribution in [0.15, 0.2) is 18.2 Å². The predicted octanol–water partition coefficient (Wildman–Crippen LogP) is 1.67. The third kappa shape index (κ3) is 2.67. The van der Waals surface area contributed by atoms with Crippen LogP contribution in [0.4, 0.5) is 0 Å². The van der Waals surface area contributed by atoms with Crippen molar-refractivity contribution in [2.24, 2.45) is 0 Å². The normalized spacial score (nSPS) is 10.1. The van der Waals surface area contributed by atoms with Crippen molar-refractivity contribution < 1.29 is 10.7 Å². The van der Waals surface area contributed by atoms with Gasteiger partial charge in [0, 0.05) is 10.0 Å². The van der Waals surface area contributed by atoms with Crippen LogP contribution in [0.2, 0.25) is 10.0 Å². The van der Waals surface area contributed by atoms with Gasteiger partial charge < -0.3 is 0 Å². The number of hydrogen-bond acceptors (Lipinski definition) is 1. The highest BCUT2D eigenvalue weighted by atomic mass is 35.5. The van der Waals surface area contributed by atoms with Crippen molar-refractivity contribution in [1.82, 2.24) is 0 Å². The Bertz CT molecular complexity index is 232. The van der Waals surface area contributed by atoms with Crippen LogP contribution in [0.25, 0.3) is 0 Å². The summed E-state index contributed by atoms with van der Waals surface area (Å²) in [4.78, 5) is 4.67. The van der Waals surface area contributed by atoms with Crippen LogP contribution in [0, 0.1) is 0 Å². The first-order valence-corrected chi connectivity index (χ1v) is 3.80. The quantitative estimate of drug-likeness (QED) is 0.712. The molecule has 0 aromatic heterocycles. The third-order valence-electron chi connectivity index (χ3n) is 1.19. The summed E-state index contributed by atoms with van der Waals surface area (Å²) in [7, 11) is 0. The van der Waals surface area contributed by atoms with Crippen molar-refractivity contribution in [2.45, 2.75) is 6.61 Å². The molecule has 0 saturated carbocycles. The lowest BCUT2D eigenvalue weighted by Crippen LogP contribution is -2.48. The molecule has 1 aromatic rings. The van der Waals surface area contributed by atoms with Crippen molar-refractivity contribution in [2.75, 3.05) is 0 Å². The molecule has 0 unspecified atom stereocenters. The van der Waals surface area contributed by atoms with E-state index >= 15 is 0 Å². The van der Waals surface area contributed by atoms with Gasteiger partial charge >= 0.3 is 0 Å². The zero-order valence-electron chi connectivity index (χ0n) is 5.81. The molecule has 0 saturated heterocycles. The molecular weight excluding hydrogens is 185 g/mol. The molecule has 1 rings (SSSR count). The van der Waals surface area contributed by atoms with Crippen LogP contribution in [-0.2, 0) is 11.4 Å². The summed E-state index contributed by atoms with van der Waals surface area (Å²) in [6.45, 7) is 0.431. The Balaban J connectivity index is 2.89. The standard InChI is InChI=1S/C7H8Cl2NO/c8-6-1-5(4-11-10)2-7(9)3-6/h1-3H,4H2,10H3/q+1. The van der Waals surface area contributed by atoms with Crippen molar-refractivity contribution >= 4 is 23.2 Å². The Kier molecular flexibility index (Phi) is 3.15. The summed E-state index contributed by atoms with van der Waals surface area (Å²) in [5, 5.41) is 1.23. The number of hydrogen-bond donors (Lipinski definition) is 1. The average molecular weight is 193 g/mol. The van der Waals surface area contributed by atoms with Gasteiger partial charge in [-0.15, -0.1) is 0 Å². The highest BCUT2D eigenvalue weighted by Crippen LogP contribution is 2.18. The Morgan fingerprint density at radius 3 is 2.18 bits per heavy atom. The molecule has 0 fully saturated rings. The van der Waals surface area contributed by atoms with Gasteiger partial charge in [-0.05, 0) is 23.8 Å². The predicted molar refractivity (Wildman–Crippen MR) is 44.1 cm³/mol. The molecule has 0 spiro atoms. The Morgan fingerprint density at radius 1 is 1.18 bits per heavy atom. The first kappa shape index (κ1) is 8.81. The van der Waals surface area contributed by atoms with Crippen LogP contribution >= 0.6 is 23.2 Å². The Morgan fingerprint density at radius 2 is 1.73 bits per heavy atom. The fraction of sp³-hybridized carbons (Fsp3) is 0.143. The molecule has 0 aliphatic carbocycles. The zero-order chi connectivity index (χ0) is 8.27. The molecule has 0 bridgehead atoms. The molecule has 0 heterocycles. The minimum Gasteiger partial charge on any atom is -0.212 e. The summed E-state index contributed by atoms with van der Waals surface area (Å²) < 4.78 is 0. The molecule has 0 aliphatic rings. The van der Waals surface area contributed by atoms with E-state index in [2.05, 4.69) is 10.7 Å². The smallest absolute Gasteiger partial charge is 0.131 e. The largest absolute Gasteiger partial charge is 0.212 e. The van der Waals surface area contributed by atoms with Crippen LogP contribution in [-0.4, -0.2) is 0 Å². The minimum absolute atomic E-state index is 0.431. The average Bonchev–Trinajstić information content (AvgIpc) is 1.85. The molecule has 0 atom stereocenters. The van der Waals surface area contributed by atoms with Gasteiger partial charge in [0.1, 0.15) is 6.61 Å². The number of quaternary nitrogens is 1. The van der Waals surface area contributed by atoms with Crippen molar-refractivity contribution in [1.29, 1.82) is 0 Å². The second kappa shape index (κ2) is 3.93. The van der Waals surface area contributed by atoms with E-state index in [9.17, 15) is 0 Å². The monoisotopic (exact) mass is 192 g/mol. The van der Waals surface area contributed by atoms with Crippen molar-refractivity contribution in [3.8, 4) is 0 Å². The number of rotatable bonds is 2. The number of benzene rings is 1. The van der Waals surface area contributed by atoms with Gasteiger partial charge in [0.15, 0.2) is 0 Å². The molecule has 0 amide bonds. The van der Waals surface area contributed by atoms with Crippen LogP contribution in [0.3, 0.4) is 0 Å². The maximum atomic E-state index is 5.73. The second-order valence-corrected chi connectivity index (χ2v) is 3.00. The van der Waals surface area contributed by atoms with E-state index in [-0.39, 0.29) is 0 Å². The fourth-order valence-electron chi connectivity index (χ4n) is 0.812. The first-order valence-electron chi connectivity index (χ1n) is 3.04. The van der Waals surface area contributed by atoms with Crippen LogP contribution in [0.5, 0.6) is 0 Å². The highest BCUT2D eigenvalue weighted by Gasteiger charge is 1.97. The molecule has 3 N–H and O–H groups in total. The van der Waals surface area contributed by atoms with E-state index in [1.54, 1.807) is 18.2 Å². The SMILES string of the molecule is [NH3+]OCc1cc(Cl)cc(Cl)c1. The highest BCUT2D eigenvalue weighted by molar-refractivity contribution is 6.34. The summed E-state index contributed by atoms with van der Waals surface area (Å²) in [5.41, 5.74) is 0.928. The van der Waals surface area contributed by atoms with Gasteiger partial charge in [-0.2, -0.15) is 0 Å². The Labute approximate surface area is 74.8 Å². The van der Waals surface area contributed by atoms with Gasteiger partial charge in [-0.25, -0.2) is 10.7 Å². The molecule has 0 aliphatic heterocycles. The Hall–Kier alpha value is -0.280. The van der Waals surface area contributed by atoms with Crippen molar-refractivity contribution in [3.05, 3.63) is 33.8 Å². The summed E-state index contributed by atoms with van der Waals surface area (Å²) >= 11 is 11.5. The van der Waals surface area contributed by atoms with E-state index in [4.69, 9.17) is 23.2 Å². The lowest BCUT2D eigenvalue weighted by Gasteiger charge is -1.98. The lowest BCUT2D eigenvalue weighted by molar-refractivity contribution is -0.695. The third-order valence-corrected chi connectivity index (χ3v) is 1.63. The maximum Gasteiger partial charge on any atom is 0.131 e. The topological polar surface area (TPSA) is 36.9 Å². The van der Waals surface area contributed by atoms with Gasteiger partial charge in [0.2, 0.25) is 0 Å². The second-order valence-electron chi connectivity index (χ2n) is 2.13. The zero-order valence-corrected chi connectivity index (χ0v) is 7.32. The van der Waals surface area contributed by atoms with E-state index in [1.807, 2.05) is 0 Å². The molecular formula is C7H8Cl2NO+. The lowest BCUT2D eigenvalue weighted by atomic mass is 10.2. The van der Waals surface area contributed by atoms with E-state index in [1.165, 1.54) is 0 Å². The molecule has 4 heteroatoms. The molecule has 1 aromatic carbocycles. The molecule has 60 valence electrons. The van der Waals surface area contributed by atoms with Gasteiger partial charge in [0.25, 0.3) is 0 Å². The van der Waals surface area contributed by atoms with E-state index in [0.717, 1.165) is 5.56 Å². The van der Waals surface area contributed by atoms with Crippen LogP contribution in [0.1, 0.15) is 5.56 Å². The molecule has 2 nitrogen and oxygen atoms in total. The first-order chi connectivity index (χ1) is 5.22.